The van der Waals surface area contributed by atoms with Gasteiger partial charge in [-0.05, 0) is 86.6 Å². The molecule has 29 heavy (non-hydrogen) atoms. The van der Waals surface area contributed by atoms with Crippen molar-refractivity contribution in [2.75, 3.05) is 0 Å². The summed E-state index contributed by atoms with van der Waals surface area (Å²) >= 11 is 4.14. The van der Waals surface area contributed by atoms with E-state index in [9.17, 15) is 9.90 Å². The van der Waals surface area contributed by atoms with Gasteiger partial charge >= 0.3 is 0 Å². The zero-order chi connectivity index (χ0) is 20.0. The van der Waals surface area contributed by atoms with Gasteiger partial charge in [0.15, 0.2) is 5.78 Å². The molecule has 1 unspecified atom stereocenters. The third kappa shape index (κ3) is 2.83. The topological polar surface area (TPSA) is 37.3 Å². The fourth-order valence-corrected chi connectivity index (χ4v) is 8.91. The van der Waals surface area contributed by atoms with Gasteiger partial charge in [-0.2, -0.15) is 0 Å². The van der Waals surface area contributed by atoms with Crippen LogP contribution in [0.2, 0.25) is 0 Å². The number of benzene rings is 4. The molecule has 4 heteroatoms. The lowest BCUT2D eigenvalue weighted by Gasteiger charge is -2.31. The summed E-state index contributed by atoms with van der Waals surface area (Å²) in [6.07, 6.45) is 0. The molecule has 0 radical (unpaired) electrons. The first-order chi connectivity index (χ1) is 14.1. The Morgan fingerprint density at radius 2 is 1.31 bits per heavy atom. The second kappa shape index (κ2) is 6.90. The third-order valence-corrected chi connectivity index (χ3v) is 11.3. The highest BCUT2D eigenvalue weighted by atomic mass is 79.9. The number of rotatable bonds is 3. The summed E-state index contributed by atoms with van der Waals surface area (Å²) < 4.78 is 0. The number of aromatic hydroxyl groups is 1. The number of fused-ring (bicyclic) bond motifs is 3. The van der Waals surface area contributed by atoms with Crippen LogP contribution in [-0.2, 0) is 0 Å². The minimum atomic E-state index is -1.55. The molecule has 4 aromatic carbocycles. The van der Waals surface area contributed by atoms with Gasteiger partial charge in [0.1, 0.15) is 5.75 Å². The van der Waals surface area contributed by atoms with Crippen LogP contribution in [0.3, 0.4) is 0 Å². The first-order valence-electron chi connectivity index (χ1n) is 9.24. The first-order valence-corrected chi connectivity index (χ1v) is 12.7. The third-order valence-electron chi connectivity index (χ3n) is 5.22. The minimum absolute atomic E-state index is 0.0490. The van der Waals surface area contributed by atoms with Crippen LogP contribution in [0, 0.1) is 0 Å². The van der Waals surface area contributed by atoms with Crippen LogP contribution in [0.5, 0.6) is 5.75 Å². The van der Waals surface area contributed by atoms with Crippen molar-refractivity contribution in [2.45, 2.75) is 14.7 Å². The van der Waals surface area contributed by atoms with Gasteiger partial charge in [-0.3, -0.25) is 4.79 Å². The van der Waals surface area contributed by atoms with Gasteiger partial charge in [-0.25, -0.2) is 0 Å². The highest BCUT2D eigenvalue weighted by Crippen LogP contribution is 2.80. The van der Waals surface area contributed by atoms with Gasteiger partial charge in [0.25, 0.3) is 0 Å². The van der Waals surface area contributed by atoms with E-state index in [0.29, 0.717) is 11.1 Å². The van der Waals surface area contributed by atoms with Crippen LogP contribution in [0.25, 0.3) is 11.1 Å². The zero-order valence-electron chi connectivity index (χ0n) is 15.4. The largest absolute Gasteiger partial charge is 0.508 e. The lowest BCUT2D eigenvalue weighted by molar-refractivity contribution is 0.103. The zero-order valence-corrected chi connectivity index (χ0v) is 17.8. The van der Waals surface area contributed by atoms with Crippen molar-refractivity contribution in [3.05, 3.63) is 108 Å². The van der Waals surface area contributed by atoms with E-state index in [2.05, 4.69) is 63.3 Å². The maximum absolute atomic E-state index is 13.0. The molecular formula is C25H17BrO2S. The molecule has 0 spiro atoms. The quantitative estimate of drug-likeness (QED) is 0.328. The van der Waals surface area contributed by atoms with Crippen molar-refractivity contribution < 1.29 is 9.90 Å². The van der Waals surface area contributed by atoms with Crippen LogP contribution in [0.4, 0.5) is 0 Å². The van der Waals surface area contributed by atoms with E-state index in [0.717, 1.165) is 5.56 Å². The van der Waals surface area contributed by atoms with Gasteiger partial charge in [-0.15, -0.1) is 0 Å². The molecule has 0 aromatic heterocycles. The Balaban J connectivity index is 1.68. The molecular weight excluding hydrogens is 444 g/mol. The van der Waals surface area contributed by atoms with E-state index in [4.69, 9.17) is 0 Å². The Kier molecular flexibility index (Phi) is 4.34. The number of phenolic OH excluding ortho intramolecular Hbond substituents is 1. The molecule has 0 fully saturated rings. The molecule has 1 heterocycles. The molecule has 0 saturated heterocycles. The minimum Gasteiger partial charge on any atom is -0.508 e. The standard InChI is InChI=1S/C25H17BrO2S/c26-29(20-6-2-1-3-7-20)23-9-5-4-8-21(23)22-16-18(12-15-24(22)29)25(28)17-10-13-19(27)14-11-17/h1-16,27H. The molecule has 1 aliphatic heterocycles. The van der Waals surface area contributed by atoms with Gasteiger partial charge in [0, 0.05) is 25.8 Å². The van der Waals surface area contributed by atoms with E-state index in [1.165, 1.54) is 20.2 Å². The Morgan fingerprint density at radius 3 is 2.07 bits per heavy atom. The first kappa shape index (κ1) is 18.2. The normalized spacial score (nSPS) is 19.1. The molecule has 0 aliphatic carbocycles. The maximum Gasteiger partial charge on any atom is 0.193 e. The number of carbonyl (C=O) groups is 1. The molecule has 0 bridgehead atoms. The van der Waals surface area contributed by atoms with Gasteiger partial charge in [-0.1, -0.05) is 44.9 Å². The molecule has 0 saturated carbocycles. The smallest absolute Gasteiger partial charge is 0.193 e. The number of carbonyl (C=O) groups excluding carboxylic acids is 1. The number of ketones is 1. The number of halogens is 1. The number of phenols is 1. The Hall–Kier alpha value is -2.82. The lowest BCUT2D eigenvalue weighted by Crippen LogP contribution is -2.01. The molecule has 2 nitrogen and oxygen atoms in total. The fourth-order valence-electron chi connectivity index (χ4n) is 3.82. The predicted octanol–water partition coefficient (Wildman–Crippen LogP) is 7.20. The highest BCUT2D eigenvalue weighted by molar-refractivity contribution is 9.58. The molecule has 5 rings (SSSR count). The van der Waals surface area contributed by atoms with Crippen LogP contribution < -0.4 is 0 Å². The van der Waals surface area contributed by atoms with Crippen LogP contribution >= 0.6 is 23.3 Å². The number of hydrogen-bond acceptors (Lipinski definition) is 2. The molecule has 1 atom stereocenters. The van der Waals surface area contributed by atoms with Crippen molar-refractivity contribution in [1.82, 2.24) is 0 Å². The maximum atomic E-state index is 13.0. The molecule has 0 amide bonds. The van der Waals surface area contributed by atoms with Crippen molar-refractivity contribution in [2.24, 2.45) is 0 Å². The van der Waals surface area contributed by atoms with Crippen LogP contribution in [0.15, 0.2) is 112 Å². The van der Waals surface area contributed by atoms with Gasteiger partial charge in [0.05, 0.1) is 0 Å². The Morgan fingerprint density at radius 1 is 0.690 bits per heavy atom. The van der Waals surface area contributed by atoms with E-state index in [1.807, 2.05) is 24.3 Å². The monoisotopic (exact) mass is 460 g/mol. The molecule has 1 N–H and O–H groups in total. The van der Waals surface area contributed by atoms with Gasteiger partial charge in [0.2, 0.25) is 0 Å². The van der Waals surface area contributed by atoms with Crippen molar-refractivity contribution >= 4 is 29.1 Å². The summed E-state index contributed by atoms with van der Waals surface area (Å²) in [5.74, 6) is 0.104. The SMILES string of the molecule is O=C(c1ccc(O)cc1)c1ccc2c(c1)-c1ccccc1S2(Br)c1ccccc1. The van der Waals surface area contributed by atoms with Crippen molar-refractivity contribution in [1.29, 1.82) is 0 Å². The van der Waals surface area contributed by atoms with Crippen LogP contribution in [0.1, 0.15) is 15.9 Å². The summed E-state index contributed by atoms with van der Waals surface area (Å²) in [5.41, 5.74) is 3.47. The Labute approximate surface area is 178 Å². The second-order valence-electron chi connectivity index (χ2n) is 6.93. The predicted molar refractivity (Wildman–Crippen MR) is 121 cm³/mol. The summed E-state index contributed by atoms with van der Waals surface area (Å²) in [4.78, 5) is 16.7. The van der Waals surface area contributed by atoms with Gasteiger partial charge < -0.3 is 5.11 Å². The lowest BCUT2D eigenvalue weighted by atomic mass is 9.98. The molecule has 1 aliphatic rings. The average molecular weight is 461 g/mol. The van der Waals surface area contributed by atoms with Crippen molar-refractivity contribution in [3.63, 3.8) is 0 Å². The van der Waals surface area contributed by atoms with Crippen LogP contribution in [-0.4, -0.2) is 10.9 Å². The summed E-state index contributed by atoms with van der Waals surface area (Å²) in [5, 5.41) is 9.50. The summed E-state index contributed by atoms with van der Waals surface area (Å²) in [6.45, 7) is 0. The highest BCUT2D eigenvalue weighted by Gasteiger charge is 2.38. The molecule has 4 aromatic rings. The van der Waals surface area contributed by atoms with E-state index < -0.39 is 8.46 Å². The average Bonchev–Trinajstić information content (AvgIpc) is 3.04. The summed E-state index contributed by atoms with van der Waals surface area (Å²) in [6, 6.07) is 31.3. The van der Waals surface area contributed by atoms with E-state index in [-0.39, 0.29) is 11.5 Å². The fraction of sp³-hybridized carbons (Fsp3) is 0. The number of hydrogen-bond donors (Lipinski definition) is 1. The second-order valence-corrected chi connectivity index (χ2v) is 12.3. The van der Waals surface area contributed by atoms with E-state index in [1.54, 1.807) is 24.3 Å². The van der Waals surface area contributed by atoms with Crippen molar-refractivity contribution in [3.8, 4) is 16.9 Å². The molecule has 142 valence electrons. The van der Waals surface area contributed by atoms with E-state index >= 15 is 0 Å². The Bertz CT molecular complexity index is 1240. The summed E-state index contributed by atoms with van der Waals surface area (Å²) in [7, 11) is -1.55.